The molecule has 1 N–H and O–H groups in total. The molecule has 2 aliphatic heterocycles. The lowest BCUT2D eigenvalue weighted by atomic mass is 9.84. The van der Waals surface area contributed by atoms with Gasteiger partial charge in [-0.25, -0.2) is 8.42 Å². The van der Waals surface area contributed by atoms with E-state index in [2.05, 4.69) is 15.9 Å². The van der Waals surface area contributed by atoms with Gasteiger partial charge in [-0.1, -0.05) is 6.92 Å². The van der Waals surface area contributed by atoms with Crippen molar-refractivity contribution in [3.8, 4) is 11.8 Å². The second-order valence-electron chi connectivity index (χ2n) is 8.64. The van der Waals surface area contributed by atoms with Crippen LogP contribution in [0.25, 0.3) is 0 Å². The first-order chi connectivity index (χ1) is 14.4. The Balaban J connectivity index is 1.39. The number of sulfone groups is 1. The van der Waals surface area contributed by atoms with Gasteiger partial charge in [-0.2, -0.15) is 5.26 Å². The van der Waals surface area contributed by atoms with E-state index in [9.17, 15) is 13.5 Å². The van der Waals surface area contributed by atoms with Crippen LogP contribution in [0.2, 0.25) is 0 Å². The van der Waals surface area contributed by atoms with Crippen molar-refractivity contribution in [2.45, 2.75) is 25.9 Å². The highest BCUT2D eigenvalue weighted by Gasteiger charge is 2.34. The van der Waals surface area contributed by atoms with Gasteiger partial charge in [0, 0.05) is 38.5 Å². The van der Waals surface area contributed by atoms with Gasteiger partial charge in [0.2, 0.25) is 0 Å². The number of ether oxygens (including phenoxy) is 1. The van der Waals surface area contributed by atoms with Crippen molar-refractivity contribution in [2.24, 2.45) is 11.8 Å². The standard InChI is InChI=1S/C22H33N3O4S/c1-2-30(27,28)9-3-8-24-12-19-10-20(13-24)15-25(14-19)16-21(26)17-29-22-6-4-18(11-23)5-7-22/h4-7,19-21,26H,2-3,8-10,12-17H2,1H3. The molecule has 0 amide bonds. The van der Waals surface area contributed by atoms with E-state index in [4.69, 9.17) is 10.00 Å². The van der Waals surface area contributed by atoms with E-state index in [0.29, 0.717) is 36.1 Å². The normalized spacial score (nSPS) is 23.6. The van der Waals surface area contributed by atoms with Crippen molar-refractivity contribution < 1.29 is 18.3 Å². The van der Waals surface area contributed by atoms with E-state index in [0.717, 1.165) is 32.7 Å². The number of nitrogens with zero attached hydrogens (tertiary/aromatic N) is 3. The molecule has 7 nitrogen and oxygen atoms in total. The maximum Gasteiger partial charge on any atom is 0.150 e. The molecule has 2 heterocycles. The summed E-state index contributed by atoms with van der Waals surface area (Å²) in [6.07, 6.45) is 1.37. The van der Waals surface area contributed by atoms with Gasteiger partial charge < -0.3 is 14.7 Å². The summed E-state index contributed by atoms with van der Waals surface area (Å²) in [4.78, 5) is 4.76. The van der Waals surface area contributed by atoms with Crippen LogP contribution in [0.15, 0.2) is 24.3 Å². The number of fused-ring (bicyclic) bond motifs is 2. The van der Waals surface area contributed by atoms with Crippen LogP contribution in [-0.4, -0.2) is 86.8 Å². The minimum atomic E-state index is -2.88. The minimum absolute atomic E-state index is 0.227. The summed E-state index contributed by atoms with van der Waals surface area (Å²) in [7, 11) is -2.88. The van der Waals surface area contributed by atoms with E-state index in [1.165, 1.54) is 6.42 Å². The Bertz CT molecular complexity index is 808. The summed E-state index contributed by atoms with van der Waals surface area (Å²) < 4.78 is 29.0. The summed E-state index contributed by atoms with van der Waals surface area (Å²) in [5.74, 6) is 2.32. The molecular weight excluding hydrogens is 402 g/mol. The molecule has 0 spiro atoms. The number of piperidine rings is 2. The van der Waals surface area contributed by atoms with Gasteiger partial charge in [-0.15, -0.1) is 0 Å². The van der Waals surface area contributed by atoms with Crippen LogP contribution in [0.5, 0.6) is 5.75 Å². The fraction of sp³-hybridized carbons (Fsp3) is 0.682. The van der Waals surface area contributed by atoms with Crippen LogP contribution < -0.4 is 4.74 Å². The molecule has 3 rings (SSSR count). The Morgan fingerprint density at radius 3 is 2.40 bits per heavy atom. The van der Waals surface area contributed by atoms with Crippen molar-refractivity contribution in [3.63, 3.8) is 0 Å². The first kappa shape index (κ1) is 23.0. The van der Waals surface area contributed by atoms with Gasteiger partial charge in [-0.05, 0) is 55.5 Å². The van der Waals surface area contributed by atoms with Gasteiger partial charge in [0.1, 0.15) is 28.3 Å². The topological polar surface area (TPSA) is 93.9 Å². The van der Waals surface area contributed by atoms with Crippen LogP contribution in [0.1, 0.15) is 25.3 Å². The van der Waals surface area contributed by atoms with E-state index in [-0.39, 0.29) is 18.1 Å². The molecule has 2 bridgehead atoms. The number of aliphatic hydroxyl groups excluding tert-OH is 1. The van der Waals surface area contributed by atoms with Crippen molar-refractivity contribution in [3.05, 3.63) is 29.8 Å². The van der Waals surface area contributed by atoms with Gasteiger partial charge in [0.25, 0.3) is 0 Å². The molecule has 0 aromatic heterocycles. The monoisotopic (exact) mass is 435 g/mol. The lowest BCUT2D eigenvalue weighted by molar-refractivity contribution is 0.000247. The number of β-amino-alcohol motifs (C(OH)–C–C–N with tert-alkyl or cyclic N) is 1. The van der Waals surface area contributed by atoms with Crippen molar-refractivity contribution in [2.75, 3.05) is 57.4 Å². The van der Waals surface area contributed by atoms with Gasteiger partial charge >= 0.3 is 0 Å². The predicted octanol–water partition coefficient (Wildman–Crippen LogP) is 1.38. The highest BCUT2D eigenvalue weighted by molar-refractivity contribution is 7.91. The summed E-state index contributed by atoms with van der Waals surface area (Å²) in [5.41, 5.74) is 0.587. The van der Waals surface area contributed by atoms with Gasteiger partial charge in [0.05, 0.1) is 17.4 Å². The number of nitriles is 1. The summed E-state index contributed by atoms with van der Waals surface area (Å²) in [5, 5.41) is 19.2. The van der Waals surface area contributed by atoms with Crippen LogP contribution in [-0.2, 0) is 9.84 Å². The second kappa shape index (κ2) is 10.6. The fourth-order valence-corrected chi connectivity index (χ4v) is 5.51. The maximum absolute atomic E-state index is 11.7. The Kier molecular flexibility index (Phi) is 8.12. The zero-order chi connectivity index (χ0) is 21.6. The smallest absolute Gasteiger partial charge is 0.150 e. The third kappa shape index (κ3) is 6.95. The SMILES string of the molecule is CCS(=O)(=O)CCCN1CC2CC(C1)CN(CC(O)COc1ccc(C#N)cc1)C2. The summed E-state index contributed by atoms with van der Waals surface area (Å²) >= 11 is 0. The number of benzene rings is 1. The highest BCUT2D eigenvalue weighted by atomic mass is 32.2. The lowest BCUT2D eigenvalue weighted by Gasteiger charge is -2.46. The van der Waals surface area contributed by atoms with Crippen LogP contribution in [0.4, 0.5) is 0 Å². The molecule has 2 fully saturated rings. The molecule has 8 heteroatoms. The number of rotatable bonds is 10. The molecule has 2 saturated heterocycles. The third-order valence-electron chi connectivity index (χ3n) is 6.00. The second-order valence-corrected chi connectivity index (χ2v) is 11.1. The van der Waals surface area contributed by atoms with Crippen molar-refractivity contribution >= 4 is 9.84 Å². The van der Waals surface area contributed by atoms with Crippen LogP contribution >= 0.6 is 0 Å². The Morgan fingerprint density at radius 1 is 1.17 bits per heavy atom. The quantitative estimate of drug-likeness (QED) is 0.593. The van der Waals surface area contributed by atoms with Crippen molar-refractivity contribution in [1.82, 2.24) is 9.80 Å². The molecule has 0 saturated carbocycles. The van der Waals surface area contributed by atoms with E-state index in [1.54, 1.807) is 31.2 Å². The van der Waals surface area contributed by atoms with E-state index >= 15 is 0 Å². The first-order valence-electron chi connectivity index (χ1n) is 10.8. The Labute approximate surface area is 180 Å². The van der Waals surface area contributed by atoms with Crippen LogP contribution in [0, 0.1) is 23.2 Å². The molecule has 166 valence electrons. The fourth-order valence-electron chi connectivity index (χ4n) is 4.65. The van der Waals surface area contributed by atoms with Crippen molar-refractivity contribution in [1.29, 1.82) is 5.26 Å². The molecule has 2 aliphatic rings. The average Bonchev–Trinajstić information content (AvgIpc) is 2.72. The molecule has 30 heavy (non-hydrogen) atoms. The zero-order valence-electron chi connectivity index (χ0n) is 17.7. The molecule has 0 radical (unpaired) electrons. The van der Waals surface area contributed by atoms with Gasteiger partial charge in [0.15, 0.2) is 0 Å². The number of hydrogen-bond acceptors (Lipinski definition) is 7. The largest absolute Gasteiger partial charge is 0.491 e. The van der Waals surface area contributed by atoms with Crippen LogP contribution in [0.3, 0.4) is 0 Å². The van der Waals surface area contributed by atoms with E-state index < -0.39 is 15.9 Å². The molecular formula is C22H33N3O4S. The minimum Gasteiger partial charge on any atom is -0.491 e. The molecule has 3 unspecified atom stereocenters. The van der Waals surface area contributed by atoms with E-state index in [1.807, 2.05) is 0 Å². The Hall–Kier alpha value is -1.66. The molecule has 3 atom stereocenters. The summed E-state index contributed by atoms with van der Waals surface area (Å²) in [6, 6.07) is 8.98. The third-order valence-corrected chi connectivity index (χ3v) is 7.79. The maximum atomic E-state index is 11.7. The highest BCUT2D eigenvalue weighted by Crippen LogP contribution is 2.28. The Morgan fingerprint density at radius 2 is 1.80 bits per heavy atom. The molecule has 1 aromatic carbocycles. The van der Waals surface area contributed by atoms with Gasteiger partial charge in [-0.3, -0.25) is 4.90 Å². The number of hydrogen-bond donors (Lipinski definition) is 1. The lowest BCUT2D eigenvalue weighted by Crippen LogP contribution is -2.54. The number of likely N-dealkylation sites (tertiary alicyclic amines) is 2. The average molecular weight is 436 g/mol. The summed E-state index contributed by atoms with van der Waals surface area (Å²) in [6.45, 7) is 7.34. The number of aliphatic hydroxyl groups is 1. The molecule has 0 aliphatic carbocycles. The first-order valence-corrected chi connectivity index (χ1v) is 12.6. The zero-order valence-corrected chi connectivity index (χ0v) is 18.6. The predicted molar refractivity (Wildman–Crippen MR) is 116 cm³/mol. The molecule has 1 aromatic rings.